The number of rotatable bonds is 1. The van der Waals surface area contributed by atoms with Crippen LogP contribution in [0.4, 0.5) is 5.69 Å². The monoisotopic (exact) mass is 120 g/mol. The number of nitrogens with zero attached hydrogens (tertiary/aromatic N) is 1. The Morgan fingerprint density at radius 1 is 1.56 bits per heavy atom. The highest BCUT2D eigenvalue weighted by Crippen LogP contribution is 2.04. The molecule has 0 saturated heterocycles. The Morgan fingerprint density at radius 2 is 2.33 bits per heavy atom. The van der Waals surface area contributed by atoms with Gasteiger partial charge in [0.25, 0.3) is 0 Å². The van der Waals surface area contributed by atoms with Gasteiger partial charge in [-0.15, -0.1) is 0 Å². The zero-order chi connectivity index (χ0) is 6.69. The Hall–Kier alpha value is -0.985. The number of aryl methyl sites for hydroxylation is 1. The minimum atomic E-state index is 1.06. The van der Waals surface area contributed by atoms with Crippen LogP contribution in [-0.4, -0.2) is 13.0 Å². The Balaban J connectivity index is 2.94. The normalized spacial score (nSPS) is 9.00. The first kappa shape index (κ1) is 6.14. The summed E-state index contributed by atoms with van der Waals surface area (Å²) in [7, 11) is 1.89. The molecule has 2 nitrogen and oxygen atoms in total. The third-order valence-electron chi connectivity index (χ3n) is 1.16. The van der Waals surface area contributed by atoms with Crippen molar-refractivity contribution in [3.05, 3.63) is 24.0 Å². The largest absolute Gasteiger partial charge is 0.433 e. The van der Waals surface area contributed by atoms with Crippen molar-refractivity contribution < 1.29 is 0 Å². The third kappa shape index (κ3) is 1.45. The lowest BCUT2D eigenvalue weighted by Gasteiger charge is -1.97. The molecule has 0 saturated carbocycles. The summed E-state index contributed by atoms with van der Waals surface area (Å²) in [6.07, 6.45) is 3.63. The van der Waals surface area contributed by atoms with Crippen molar-refractivity contribution in [1.29, 1.82) is 0 Å². The van der Waals surface area contributed by atoms with Crippen LogP contribution in [0.5, 0.6) is 0 Å². The number of aromatic nitrogens is 1. The second kappa shape index (κ2) is 2.53. The molecule has 0 unspecified atom stereocenters. The van der Waals surface area contributed by atoms with Crippen molar-refractivity contribution in [2.24, 2.45) is 0 Å². The molecule has 46 valence electrons. The van der Waals surface area contributed by atoms with Crippen LogP contribution in [0.3, 0.4) is 0 Å². The van der Waals surface area contributed by atoms with Crippen LogP contribution in [0.1, 0.15) is 5.56 Å². The fraction of sp³-hybridized carbons (Fsp3) is 0.167. The minimum absolute atomic E-state index is 1.06. The van der Waals surface area contributed by atoms with Gasteiger partial charge in [0.1, 0.15) is 0 Å². The summed E-state index contributed by atoms with van der Waals surface area (Å²) in [4.78, 5) is 3.99. The van der Waals surface area contributed by atoms with E-state index in [2.05, 4.69) is 10.2 Å². The van der Waals surface area contributed by atoms with Gasteiger partial charge in [0.05, 0.1) is 0 Å². The zero-order valence-corrected chi connectivity index (χ0v) is 5.68. The van der Waals surface area contributed by atoms with Gasteiger partial charge in [-0.05, 0) is 18.6 Å². The summed E-state index contributed by atoms with van der Waals surface area (Å²) in [5.74, 6) is 0. The van der Waals surface area contributed by atoms with E-state index in [9.17, 15) is 0 Å². The summed E-state index contributed by atoms with van der Waals surface area (Å²) in [5, 5.41) is 3.01. The van der Waals surface area contributed by atoms with Crippen LogP contribution < -0.4 is 5.23 Å². The van der Waals surface area contributed by atoms with E-state index in [0.29, 0.717) is 0 Å². The molecule has 1 aromatic rings. The van der Waals surface area contributed by atoms with Crippen molar-refractivity contribution in [2.45, 2.75) is 6.92 Å². The first-order chi connectivity index (χ1) is 4.33. The van der Waals surface area contributed by atoms with Crippen molar-refractivity contribution in [1.82, 2.24) is 4.98 Å². The van der Waals surface area contributed by atoms with Gasteiger partial charge in [-0.25, -0.2) is 0 Å². The molecular weight excluding hydrogens is 111 g/mol. The van der Waals surface area contributed by atoms with Crippen LogP contribution in [0.15, 0.2) is 18.5 Å². The average Bonchev–Trinajstić information content (AvgIpc) is 1.88. The predicted molar refractivity (Wildman–Crippen MR) is 41.1 cm³/mol. The summed E-state index contributed by atoms with van der Waals surface area (Å²) in [6.45, 7) is 2.02. The van der Waals surface area contributed by atoms with E-state index in [-0.39, 0.29) is 0 Å². The first-order valence-electron chi connectivity index (χ1n) is 2.92. The number of nitrogens with one attached hydrogen (secondary N) is 1. The van der Waals surface area contributed by atoms with Gasteiger partial charge in [-0.3, -0.25) is 4.98 Å². The van der Waals surface area contributed by atoms with E-state index in [4.69, 9.17) is 0 Å². The molecule has 0 bridgehead atoms. The van der Waals surface area contributed by atoms with Gasteiger partial charge in [-0.2, -0.15) is 0 Å². The van der Waals surface area contributed by atoms with Crippen molar-refractivity contribution in [3.63, 3.8) is 0 Å². The molecule has 1 aromatic heterocycles. The average molecular weight is 120 g/mol. The Bertz CT molecular complexity index is 200. The van der Waals surface area contributed by atoms with E-state index >= 15 is 0 Å². The minimum Gasteiger partial charge on any atom is -0.433 e. The van der Waals surface area contributed by atoms with Crippen LogP contribution in [0, 0.1) is 6.92 Å². The van der Waals surface area contributed by atoms with E-state index in [1.165, 1.54) is 5.56 Å². The standard InChI is InChI=1S/C6H9BN2/c1-5-2-6(9-7)4-8-3-5/h2-4,9H,7H2,1H3. The summed E-state index contributed by atoms with van der Waals surface area (Å²) in [6, 6.07) is 2.05. The molecule has 0 aliphatic heterocycles. The fourth-order valence-electron chi connectivity index (χ4n) is 0.692. The molecule has 0 aliphatic rings. The van der Waals surface area contributed by atoms with Crippen LogP contribution in [0.25, 0.3) is 0 Å². The smallest absolute Gasteiger partial charge is 0.214 e. The Kier molecular flexibility index (Phi) is 1.73. The number of anilines is 1. The lowest BCUT2D eigenvalue weighted by Crippen LogP contribution is -1.90. The SMILES string of the molecule is BNc1cncc(C)c1. The summed E-state index contributed by atoms with van der Waals surface area (Å²) >= 11 is 0. The van der Waals surface area contributed by atoms with Gasteiger partial charge < -0.3 is 5.23 Å². The second-order valence-corrected chi connectivity index (χ2v) is 2.00. The maximum atomic E-state index is 3.99. The molecule has 1 rings (SSSR count). The van der Waals surface area contributed by atoms with E-state index < -0.39 is 0 Å². The second-order valence-electron chi connectivity index (χ2n) is 2.00. The molecular formula is C6H9BN2. The molecule has 9 heavy (non-hydrogen) atoms. The van der Waals surface area contributed by atoms with Gasteiger partial charge in [-0.1, -0.05) is 0 Å². The molecule has 0 fully saturated rings. The molecule has 0 amide bonds. The van der Waals surface area contributed by atoms with Crippen molar-refractivity contribution in [3.8, 4) is 0 Å². The summed E-state index contributed by atoms with van der Waals surface area (Å²) < 4.78 is 0. The number of pyridine rings is 1. The fourth-order valence-corrected chi connectivity index (χ4v) is 0.692. The quantitative estimate of drug-likeness (QED) is 0.541. The van der Waals surface area contributed by atoms with E-state index in [0.717, 1.165) is 5.69 Å². The molecule has 0 aromatic carbocycles. The van der Waals surface area contributed by atoms with Gasteiger partial charge in [0, 0.05) is 18.1 Å². The van der Waals surface area contributed by atoms with Crippen LogP contribution >= 0.6 is 0 Å². The zero-order valence-electron chi connectivity index (χ0n) is 5.68. The van der Waals surface area contributed by atoms with Crippen LogP contribution in [0.2, 0.25) is 0 Å². The van der Waals surface area contributed by atoms with Gasteiger partial charge >= 0.3 is 0 Å². The number of hydrogen-bond acceptors (Lipinski definition) is 2. The Morgan fingerprint density at radius 3 is 2.78 bits per heavy atom. The topological polar surface area (TPSA) is 24.9 Å². The molecule has 1 N–H and O–H groups in total. The third-order valence-corrected chi connectivity index (χ3v) is 1.16. The van der Waals surface area contributed by atoms with Gasteiger partial charge in [0.15, 0.2) is 0 Å². The maximum Gasteiger partial charge on any atom is 0.214 e. The van der Waals surface area contributed by atoms with E-state index in [1.807, 2.05) is 27.2 Å². The van der Waals surface area contributed by atoms with Crippen LogP contribution in [-0.2, 0) is 0 Å². The predicted octanol–water partition coefficient (Wildman–Crippen LogP) is 0.350. The molecule has 0 spiro atoms. The maximum absolute atomic E-state index is 3.99. The van der Waals surface area contributed by atoms with Crippen molar-refractivity contribution >= 4 is 13.7 Å². The molecule has 1 heterocycles. The molecule has 0 aliphatic carbocycles. The molecule has 0 radical (unpaired) electrons. The lowest BCUT2D eigenvalue weighted by molar-refractivity contribution is 1.27. The number of hydrogen-bond donors (Lipinski definition) is 1. The highest BCUT2D eigenvalue weighted by Gasteiger charge is 1.85. The highest BCUT2D eigenvalue weighted by atomic mass is 14.8. The highest BCUT2D eigenvalue weighted by molar-refractivity contribution is 6.15. The Labute approximate surface area is 55.7 Å². The van der Waals surface area contributed by atoms with Crippen molar-refractivity contribution in [2.75, 3.05) is 5.23 Å². The van der Waals surface area contributed by atoms with E-state index in [1.54, 1.807) is 6.20 Å². The molecule has 0 atom stereocenters. The lowest BCUT2D eigenvalue weighted by atomic mass is 10.2. The van der Waals surface area contributed by atoms with Gasteiger partial charge in [0.2, 0.25) is 7.98 Å². The summed E-state index contributed by atoms with van der Waals surface area (Å²) in [5.41, 5.74) is 2.25. The first-order valence-corrected chi connectivity index (χ1v) is 2.92. The molecule has 3 heteroatoms.